The Morgan fingerprint density at radius 3 is 2.35 bits per heavy atom. The van der Waals surface area contributed by atoms with E-state index in [1.54, 1.807) is 33.2 Å². The smallest absolute Gasteiger partial charge is 0.416 e. The molecule has 2 N–H and O–H groups in total. The summed E-state index contributed by atoms with van der Waals surface area (Å²) in [6.07, 6.45) is 1.77. The number of quaternary nitrogens is 1. The highest BCUT2D eigenvalue weighted by Gasteiger charge is 2.28. The van der Waals surface area contributed by atoms with Crippen LogP contribution in [0.1, 0.15) is 31.7 Å². The molecule has 0 saturated heterocycles. The highest BCUT2D eigenvalue weighted by atomic mass is 16.5. The normalized spacial score (nSPS) is 12.6. The molecule has 0 saturated carbocycles. The molecule has 0 aliphatic rings. The fraction of sp³-hybridized carbons (Fsp3) is 0.545. The molecule has 0 aliphatic carbocycles. The zero-order valence-corrected chi connectivity index (χ0v) is 19.5. The third-order valence-electron chi connectivity index (χ3n) is 4.52. The number of unbranched alkanes of at least 4 members (excludes halogenated alkanes) is 1. The standard InChI is InChI=1S/C22H35N5O4/c1-17(18-12-8-7-9-13-18)25-26(2)16-20(28)23-15-11-10-14-19(21(29)31-6)24-22(30)27(3,4)5/h7-9,12-13,19H,10-11,14-16H2,1-6H3,(H-,23,24,28,30)/p+1/b25-17+. The van der Waals surface area contributed by atoms with E-state index in [2.05, 4.69) is 15.7 Å². The molecule has 9 nitrogen and oxygen atoms in total. The number of hydrogen-bond donors (Lipinski definition) is 2. The minimum Gasteiger partial charge on any atom is -0.467 e. The molecule has 0 radical (unpaired) electrons. The second kappa shape index (κ2) is 12.7. The summed E-state index contributed by atoms with van der Waals surface area (Å²) in [5, 5.41) is 11.6. The quantitative estimate of drug-likeness (QED) is 0.181. The zero-order valence-electron chi connectivity index (χ0n) is 19.5. The van der Waals surface area contributed by atoms with E-state index in [-0.39, 0.29) is 23.0 Å². The topological polar surface area (TPSA) is 100 Å². The van der Waals surface area contributed by atoms with Crippen LogP contribution in [0.25, 0.3) is 0 Å². The number of hydrazone groups is 1. The van der Waals surface area contributed by atoms with Gasteiger partial charge in [0.1, 0.15) is 12.6 Å². The molecule has 31 heavy (non-hydrogen) atoms. The van der Waals surface area contributed by atoms with Crippen molar-refractivity contribution in [3.63, 3.8) is 0 Å². The van der Waals surface area contributed by atoms with Crippen molar-refractivity contribution in [2.24, 2.45) is 5.10 Å². The predicted molar refractivity (Wildman–Crippen MR) is 121 cm³/mol. The first-order valence-electron chi connectivity index (χ1n) is 10.3. The Hall–Kier alpha value is -2.94. The van der Waals surface area contributed by atoms with Gasteiger partial charge in [0.15, 0.2) is 0 Å². The van der Waals surface area contributed by atoms with Crippen LogP contribution in [0, 0.1) is 0 Å². The van der Waals surface area contributed by atoms with Crippen LogP contribution in [0.2, 0.25) is 0 Å². The number of urea groups is 1. The van der Waals surface area contributed by atoms with Gasteiger partial charge in [0.25, 0.3) is 0 Å². The van der Waals surface area contributed by atoms with Crippen molar-refractivity contribution in [1.29, 1.82) is 0 Å². The van der Waals surface area contributed by atoms with Gasteiger partial charge < -0.3 is 10.1 Å². The molecule has 1 aromatic rings. The molecule has 172 valence electrons. The molecule has 1 rings (SSSR count). The van der Waals surface area contributed by atoms with Crippen molar-refractivity contribution >= 4 is 23.6 Å². The number of likely N-dealkylation sites (N-methyl/N-ethyl adjacent to an activating group) is 1. The highest BCUT2D eigenvalue weighted by molar-refractivity contribution is 5.98. The number of nitrogens with one attached hydrogen (secondary N) is 2. The van der Waals surface area contributed by atoms with Gasteiger partial charge in [-0.05, 0) is 31.7 Å². The van der Waals surface area contributed by atoms with Crippen molar-refractivity contribution < 1.29 is 23.6 Å². The lowest BCUT2D eigenvalue weighted by atomic mass is 10.1. The minimum absolute atomic E-state index is 0.0588. The molecule has 0 bridgehead atoms. The van der Waals surface area contributed by atoms with Crippen LogP contribution in [0.4, 0.5) is 4.79 Å². The number of amides is 3. The number of rotatable bonds is 11. The van der Waals surface area contributed by atoms with Crippen LogP contribution >= 0.6 is 0 Å². The monoisotopic (exact) mass is 434 g/mol. The lowest BCUT2D eigenvalue weighted by molar-refractivity contribution is -0.787. The second-order valence-corrected chi connectivity index (χ2v) is 8.25. The van der Waals surface area contributed by atoms with Gasteiger partial charge in [-0.1, -0.05) is 30.3 Å². The Morgan fingerprint density at radius 2 is 1.77 bits per heavy atom. The van der Waals surface area contributed by atoms with Crippen LogP contribution < -0.4 is 10.6 Å². The van der Waals surface area contributed by atoms with Gasteiger partial charge in [0.05, 0.1) is 34.0 Å². The van der Waals surface area contributed by atoms with E-state index in [1.165, 1.54) is 7.11 Å². The van der Waals surface area contributed by atoms with E-state index in [9.17, 15) is 14.4 Å². The third-order valence-corrected chi connectivity index (χ3v) is 4.52. The van der Waals surface area contributed by atoms with Crippen molar-refractivity contribution in [2.75, 3.05) is 48.4 Å². The van der Waals surface area contributed by atoms with E-state index in [1.807, 2.05) is 37.3 Å². The van der Waals surface area contributed by atoms with Gasteiger partial charge in [-0.2, -0.15) is 5.10 Å². The molecule has 0 spiro atoms. The SMILES string of the molecule is COC(=O)C(CCCCNC(=O)CN(C)/N=C(\C)c1ccccc1)NC(=O)[N+](C)(C)C. The van der Waals surface area contributed by atoms with Gasteiger partial charge >= 0.3 is 12.0 Å². The molecule has 1 aromatic carbocycles. The first-order valence-corrected chi connectivity index (χ1v) is 10.3. The number of methoxy groups -OCH3 is 1. The summed E-state index contributed by atoms with van der Waals surface area (Å²) in [6, 6.07) is 8.80. The maximum absolute atomic E-state index is 12.1. The van der Waals surface area contributed by atoms with Crippen LogP contribution in [-0.2, 0) is 14.3 Å². The van der Waals surface area contributed by atoms with Gasteiger partial charge in [0, 0.05) is 13.6 Å². The second-order valence-electron chi connectivity index (χ2n) is 8.25. The van der Waals surface area contributed by atoms with E-state index < -0.39 is 12.0 Å². The van der Waals surface area contributed by atoms with E-state index >= 15 is 0 Å². The van der Waals surface area contributed by atoms with Crippen LogP contribution in [-0.4, -0.2) is 87.5 Å². The summed E-state index contributed by atoms with van der Waals surface area (Å²) < 4.78 is 4.84. The lowest BCUT2D eigenvalue weighted by Crippen LogP contribution is -2.53. The van der Waals surface area contributed by atoms with Crippen molar-refractivity contribution in [3.8, 4) is 0 Å². The van der Waals surface area contributed by atoms with Crippen LogP contribution in [0.15, 0.2) is 35.4 Å². The first-order chi connectivity index (χ1) is 14.5. The molecule has 9 heteroatoms. The number of hydrogen-bond acceptors (Lipinski definition) is 6. The average molecular weight is 435 g/mol. The van der Waals surface area contributed by atoms with Crippen molar-refractivity contribution in [1.82, 2.24) is 15.6 Å². The molecule has 0 fully saturated rings. The Labute approximate surface area is 185 Å². The molecule has 0 heterocycles. The Morgan fingerprint density at radius 1 is 1.13 bits per heavy atom. The Balaban J connectivity index is 2.37. The number of carbonyl (C=O) groups is 3. The Bertz CT molecular complexity index is 759. The summed E-state index contributed by atoms with van der Waals surface area (Å²) in [5.74, 6) is -0.603. The van der Waals surface area contributed by atoms with Gasteiger partial charge in [-0.15, -0.1) is 0 Å². The summed E-state index contributed by atoms with van der Waals surface area (Å²) >= 11 is 0. The van der Waals surface area contributed by atoms with Gasteiger partial charge in [-0.25, -0.2) is 14.1 Å². The summed E-state index contributed by atoms with van der Waals surface area (Å²) in [4.78, 5) is 36.2. The molecular formula is C22H36N5O4+. The summed E-state index contributed by atoms with van der Waals surface area (Å²) in [7, 11) is 8.22. The minimum atomic E-state index is -0.702. The maximum atomic E-state index is 12.1. The summed E-state index contributed by atoms with van der Waals surface area (Å²) in [6.45, 7) is 2.53. The molecule has 1 unspecified atom stereocenters. The molecule has 0 aliphatic heterocycles. The van der Waals surface area contributed by atoms with E-state index in [4.69, 9.17) is 4.74 Å². The van der Waals surface area contributed by atoms with Gasteiger partial charge in [-0.3, -0.25) is 15.1 Å². The van der Waals surface area contributed by atoms with Crippen molar-refractivity contribution in [3.05, 3.63) is 35.9 Å². The fourth-order valence-electron chi connectivity index (χ4n) is 2.73. The molecule has 1 atom stereocenters. The number of nitrogens with zero attached hydrogens (tertiary/aromatic N) is 3. The summed E-state index contributed by atoms with van der Waals surface area (Å²) in [5.41, 5.74) is 1.84. The van der Waals surface area contributed by atoms with E-state index in [0.29, 0.717) is 25.8 Å². The van der Waals surface area contributed by atoms with Crippen LogP contribution in [0.5, 0.6) is 0 Å². The fourth-order valence-corrected chi connectivity index (χ4v) is 2.73. The third kappa shape index (κ3) is 10.1. The number of carbonyl (C=O) groups excluding carboxylic acids is 3. The number of benzene rings is 1. The number of ether oxygens (including phenoxy) is 1. The van der Waals surface area contributed by atoms with E-state index in [0.717, 1.165) is 11.3 Å². The average Bonchev–Trinajstić information content (AvgIpc) is 2.71. The van der Waals surface area contributed by atoms with Crippen molar-refractivity contribution in [2.45, 2.75) is 32.2 Å². The van der Waals surface area contributed by atoms with Crippen LogP contribution in [0.3, 0.4) is 0 Å². The predicted octanol–water partition coefficient (Wildman–Crippen LogP) is 1.59. The molecule has 3 amide bonds. The highest BCUT2D eigenvalue weighted by Crippen LogP contribution is 2.05. The Kier molecular flexibility index (Phi) is 10.7. The maximum Gasteiger partial charge on any atom is 0.416 e. The largest absolute Gasteiger partial charge is 0.467 e. The molecular weight excluding hydrogens is 398 g/mol. The number of esters is 1. The first kappa shape index (κ1) is 26.1. The lowest BCUT2D eigenvalue weighted by Gasteiger charge is -2.24. The molecule has 0 aromatic heterocycles. The zero-order chi connectivity index (χ0) is 23.4. The van der Waals surface area contributed by atoms with Gasteiger partial charge in [0.2, 0.25) is 5.91 Å².